The van der Waals surface area contributed by atoms with Gasteiger partial charge in [-0.3, -0.25) is 0 Å². The number of benzene rings is 13. The van der Waals surface area contributed by atoms with Gasteiger partial charge in [0.2, 0.25) is 0 Å². The van der Waals surface area contributed by atoms with Crippen LogP contribution in [-0.2, 0) is 21.7 Å². The molecule has 0 saturated carbocycles. The first-order chi connectivity index (χ1) is 45.2. The van der Waals surface area contributed by atoms with Gasteiger partial charge in [0.15, 0.2) is 0 Å². The Kier molecular flexibility index (Phi) is 16.7. The molecule has 0 fully saturated rings. The van der Waals surface area contributed by atoms with E-state index in [-0.39, 0.29) is 21.7 Å². The lowest BCUT2D eigenvalue weighted by molar-refractivity contribution is 0.590. The van der Waals surface area contributed by atoms with Crippen LogP contribution in [0.1, 0.15) is 105 Å². The molecule has 0 radical (unpaired) electrons. The minimum atomic E-state index is 0.0189. The Morgan fingerprint density at radius 1 is 0.170 bits per heavy atom. The zero-order valence-corrected chi connectivity index (χ0v) is 56.7. The maximum Gasteiger partial charge on any atom is 0.0468 e. The molecule has 0 amide bonds. The third kappa shape index (κ3) is 12.8. The Balaban J connectivity index is 1.06. The Bertz CT molecular complexity index is 4220. The number of hydrogen-bond donors (Lipinski definition) is 0. The quantitative estimate of drug-likeness (QED) is 0.101. The van der Waals surface area contributed by atoms with Crippen molar-refractivity contribution in [3.05, 3.63) is 326 Å². The van der Waals surface area contributed by atoms with Crippen LogP contribution in [0.3, 0.4) is 0 Å². The Morgan fingerprint density at radius 2 is 0.351 bits per heavy atom. The molecule has 0 unspecified atom stereocenters. The summed E-state index contributed by atoms with van der Waals surface area (Å²) in [7, 11) is 0. The van der Waals surface area contributed by atoms with Gasteiger partial charge in [-0.2, -0.15) is 0 Å². The molecule has 0 aliphatic heterocycles. The van der Waals surface area contributed by atoms with Crippen LogP contribution in [0.15, 0.2) is 303 Å². The number of rotatable bonds is 14. The topological polar surface area (TPSA) is 13.0 Å². The van der Waals surface area contributed by atoms with E-state index in [4.69, 9.17) is 0 Å². The minimum absolute atomic E-state index is 0.0189. The second-order valence-corrected chi connectivity index (χ2v) is 29.2. The predicted octanol–water partition coefficient (Wildman–Crippen LogP) is 26.4. The van der Waals surface area contributed by atoms with Crippen molar-refractivity contribution in [1.29, 1.82) is 0 Å². The van der Waals surface area contributed by atoms with Gasteiger partial charge in [-0.05, 0) is 233 Å². The van der Waals surface area contributed by atoms with Crippen molar-refractivity contribution in [3.8, 4) is 22.3 Å². The highest BCUT2D eigenvalue weighted by atomic mass is 15.2. The highest BCUT2D eigenvalue weighted by molar-refractivity contribution is 6.23. The van der Waals surface area contributed by atoms with Gasteiger partial charge in [-0.25, -0.2) is 0 Å². The molecule has 94 heavy (non-hydrogen) atoms. The number of hydrogen-bond acceptors (Lipinski definition) is 4. The lowest BCUT2D eigenvalue weighted by Gasteiger charge is -2.29. The normalized spacial score (nSPS) is 12.0. The van der Waals surface area contributed by atoms with E-state index in [1.807, 2.05) is 0 Å². The van der Waals surface area contributed by atoms with Crippen molar-refractivity contribution in [2.24, 2.45) is 0 Å². The molecule has 0 saturated heterocycles. The van der Waals surface area contributed by atoms with Crippen LogP contribution in [0.2, 0.25) is 0 Å². The summed E-state index contributed by atoms with van der Waals surface area (Å²) in [6.45, 7) is 27.4. The monoisotopic (exact) mass is 1220 g/mol. The highest BCUT2D eigenvalue weighted by Gasteiger charge is 2.26. The summed E-state index contributed by atoms with van der Waals surface area (Å²) < 4.78 is 0. The van der Waals surface area contributed by atoms with Crippen molar-refractivity contribution in [2.45, 2.75) is 105 Å². The van der Waals surface area contributed by atoms with E-state index >= 15 is 0 Å². The van der Waals surface area contributed by atoms with E-state index in [1.54, 1.807) is 0 Å². The molecule has 0 aromatic heterocycles. The van der Waals surface area contributed by atoms with Gasteiger partial charge in [0.05, 0.1) is 0 Å². The lowest BCUT2D eigenvalue weighted by Crippen LogP contribution is -2.14. The van der Waals surface area contributed by atoms with Crippen molar-refractivity contribution in [1.82, 2.24) is 0 Å². The Morgan fingerprint density at radius 3 is 0.564 bits per heavy atom. The maximum atomic E-state index is 2.44. The van der Waals surface area contributed by atoms with Crippen molar-refractivity contribution in [3.63, 3.8) is 0 Å². The van der Waals surface area contributed by atoms with E-state index in [1.165, 1.54) is 22.3 Å². The maximum absolute atomic E-state index is 2.44. The first-order valence-electron chi connectivity index (χ1n) is 33.2. The molecule has 0 N–H and O–H groups in total. The summed E-state index contributed by atoms with van der Waals surface area (Å²) in [6, 6.07) is 113. The summed E-state index contributed by atoms with van der Waals surface area (Å²) in [4.78, 5) is 9.57. The van der Waals surface area contributed by atoms with Gasteiger partial charge in [-0.1, -0.05) is 241 Å². The highest BCUT2D eigenvalue weighted by Crippen LogP contribution is 2.50. The van der Waals surface area contributed by atoms with Crippen molar-refractivity contribution < 1.29 is 0 Å². The van der Waals surface area contributed by atoms with E-state index < -0.39 is 0 Å². The summed E-state index contributed by atoms with van der Waals surface area (Å²) in [6.07, 6.45) is 0. The summed E-state index contributed by atoms with van der Waals surface area (Å²) in [5, 5.41) is 4.60. The van der Waals surface area contributed by atoms with Gasteiger partial charge < -0.3 is 19.6 Å². The van der Waals surface area contributed by atoms with Crippen LogP contribution < -0.4 is 19.6 Å². The molecule has 4 heteroatoms. The molecule has 4 nitrogen and oxygen atoms in total. The summed E-state index contributed by atoms with van der Waals surface area (Å²) in [5.41, 5.74) is 22.9. The molecule has 13 aromatic carbocycles. The van der Waals surface area contributed by atoms with Crippen LogP contribution in [-0.4, -0.2) is 0 Å². The number of para-hydroxylation sites is 4. The number of nitrogens with zero attached hydrogens (tertiary/aromatic N) is 4. The zero-order valence-electron chi connectivity index (χ0n) is 56.7. The van der Waals surface area contributed by atoms with Crippen LogP contribution in [0, 0.1) is 0 Å². The van der Waals surface area contributed by atoms with E-state index in [2.05, 4.69) is 406 Å². The van der Waals surface area contributed by atoms with Gasteiger partial charge in [0.25, 0.3) is 0 Å². The first-order valence-corrected chi connectivity index (χ1v) is 33.2. The fourth-order valence-corrected chi connectivity index (χ4v) is 13.2. The molecule has 0 spiro atoms. The standard InChI is InChI=1S/C90H86N4/c1-87(2,3)65-37-49-75(50-38-65)91(76-51-39-66(40-52-76)88(4,5)6)73-45-33-63(34-46-73)85-81-59-57-80(94(71-29-21-15-22-30-71)72-31-23-16-24-32-72)62-84(81)86(82-60-58-79(61-83(82)85)93(69-25-17-13-18-26-69)70-27-19-14-20-28-70)64-35-47-74(48-36-64)92(77-53-41-67(42-54-77)89(7,8)9)78-55-43-68(44-56-78)90(10,11)12/h13-62H,1-12H3. The van der Waals surface area contributed by atoms with Gasteiger partial charge in [0, 0.05) is 68.2 Å². The van der Waals surface area contributed by atoms with Crippen LogP contribution >= 0.6 is 0 Å². The second-order valence-electron chi connectivity index (χ2n) is 29.2. The third-order valence-corrected chi connectivity index (χ3v) is 18.5. The molecule has 466 valence electrons. The van der Waals surface area contributed by atoms with Crippen LogP contribution in [0.4, 0.5) is 68.2 Å². The fraction of sp³-hybridized carbons (Fsp3) is 0.178. The molecular formula is C90H86N4. The number of anilines is 12. The van der Waals surface area contributed by atoms with E-state index in [0.717, 1.165) is 112 Å². The molecule has 0 heterocycles. The van der Waals surface area contributed by atoms with Gasteiger partial charge in [-0.15, -0.1) is 0 Å². The van der Waals surface area contributed by atoms with Crippen molar-refractivity contribution >= 4 is 89.8 Å². The molecule has 13 rings (SSSR count). The van der Waals surface area contributed by atoms with Gasteiger partial charge in [0.1, 0.15) is 0 Å². The fourth-order valence-electron chi connectivity index (χ4n) is 13.2. The molecule has 0 bridgehead atoms. The Hall–Kier alpha value is -10.4. The molecule has 0 aliphatic carbocycles. The van der Waals surface area contributed by atoms with Crippen molar-refractivity contribution in [2.75, 3.05) is 19.6 Å². The average Bonchev–Trinajstić information content (AvgIpc) is 0.724. The summed E-state index contributed by atoms with van der Waals surface area (Å²) >= 11 is 0. The zero-order chi connectivity index (χ0) is 65.5. The number of fused-ring (bicyclic) bond motifs is 2. The molecule has 13 aromatic rings. The summed E-state index contributed by atoms with van der Waals surface area (Å²) in [5.74, 6) is 0. The van der Waals surface area contributed by atoms with E-state index in [9.17, 15) is 0 Å². The predicted molar refractivity (Wildman–Crippen MR) is 406 cm³/mol. The molecular weight excluding hydrogens is 1140 g/mol. The Labute approximate surface area is 558 Å². The van der Waals surface area contributed by atoms with Crippen LogP contribution in [0.5, 0.6) is 0 Å². The SMILES string of the molecule is CC(C)(C)c1ccc(N(c2ccc(-c3c4ccc(N(c5ccccc5)c5ccccc5)cc4c(-c4ccc(N(c5ccc(C(C)(C)C)cc5)c5ccc(C(C)(C)C)cc5)cc4)c4ccc(N(c5ccccc5)c5ccccc5)cc34)cc2)c2ccc(C(C)(C)C)cc2)cc1. The minimum Gasteiger partial charge on any atom is -0.311 e. The molecule has 0 aliphatic rings. The lowest BCUT2D eigenvalue weighted by atomic mass is 9.85. The van der Waals surface area contributed by atoms with E-state index in [0.29, 0.717) is 0 Å². The van der Waals surface area contributed by atoms with Crippen LogP contribution in [0.25, 0.3) is 43.8 Å². The third-order valence-electron chi connectivity index (χ3n) is 18.5. The first kappa shape index (κ1) is 62.4. The second kappa shape index (κ2) is 25.2. The van der Waals surface area contributed by atoms with Gasteiger partial charge >= 0.3 is 0 Å². The largest absolute Gasteiger partial charge is 0.311 e. The average molecular weight is 1220 g/mol. The smallest absolute Gasteiger partial charge is 0.0468 e. The molecule has 0 atom stereocenters.